The number of carbonyl (C=O) groups excluding carboxylic acids is 2. The van der Waals surface area contributed by atoms with Crippen molar-refractivity contribution in [2.45, 2.75) is 57.5 Å². The van der Waals surface area contributed by atoms with Crippen molar-refractivity contribution in [2.24, 2.45) is 4.99 Å². The van der Waals surface area contributed by atoms with Crippen LogP contribution < -0.4 is 20.9 Å². The van der Waals surface area contributed by atoms with E-state index in [1.807, 2.05) is 29.2 Å². The highest BCUT2D eigenvalue weighted by atomic mass is 16.2. The average molecular weight is 386 g/mol. The quantitative estimate of drug-likeness (QED) is 0.516. The lowest BCUT2D eigenvalue weighted by Crippen LogP contribution is -2.45. The van der Waals surface area contributed by atoms with Gasteiger partial charge in [0.1, 0.15) is 0 Å². The highest BCUT2D eigenvalue weighted by molar-refractivity contribution is 5.95. The fraction of sp³-hybridized carbons (Fsp3) is 0.571. The van der Waals surface area contributed by atoms with Gasteiger partial charge in [-0.1, -0.05) is 31.4 Å². The van der Waals surface area contributed by atoms with Crippen LogP contribution in [0.4, 0.5) is 5.69 Å². The standard InChI is InChI=1S/C21H31N5O2/c1-22-21(24-15-19(27)25-17-6-3-2-4-7-17)23-14-16-9-11-18(12-10-16)26-13-5-8-20(26)28/h9-12,17H,2-8,13-15H2,1H3,(H,25,27)(H2,22,23,24). The molecule has 1 aliphatic heterocycles. The molecule has 0 radical (unpaired) electrons. The van der Waals surface area contributed by atoms with E-state index >= 15 is 0 Å². The van der Waals surface area contributed by atoms with Crippen LogP contribution in [0.15, 0.2) is 29.3 Å². The summed E-state index contributed by atoms with van der Waals surface area (Å²) in [4.78, 5) is 29.9. The molecule has 1 saturated carbocycles. The SMILES string of the molecule is CN=C(NCC(=O)NC1CCCCC1)NCc1ccc(N2CCCC2=O)cc1. The Morgan fingerprint density at radius 3 is 2.50 bits per heavy atom. The van der Waals surface area contributed by atoms with Crippen molar-refractivity contribution in [1.82, 2.24) is 16.0 Å². The summed E-state index contributed by atoms with van der Waals surface area (Å²) in [5, 5.41) is 9.38. The molecule has 1 aliphatic carbocycles. The number of guanidine groups is 1. The number of rotatable bonds is 6. The molecule has 0 atom stereocenters. The van der Waals surface area contributed by atoms with Crippen LogP contribution >= 0.6 is 0 Å². The van der Waals surface area contributed by atoms with Gasteiger partial charge in [-0.05, 0) is 37.0 Å². The van der Waals surface area contributed by atoms with Crippen LogP contribution in [0.2, 0.25) is 0 Å². The van der Waals surface area contributed by atoms with Gasteiger partial charge in [-0.2, -0.15) is 0 Å². The van der Waals surface area contributed by atoms with Crippen molar-refractivity contribution in [2.75, 3.05) is 25.0 Å². The molecule has 2 amide bonds. The molecule has 7 nitrogen and oxygen atoms in total. The van der Waals surface area contributed by atoms with Gasteiger partial charge in [0.2, 0.25) is 11.8 Å². The van der Waals surface area contributed by atoms with E-state index < -0.39 is 0 Å². The topological polar surface area (TPSA) is 85.8 Å². The monoisotopic (exact) mass is 385 g/mol. The first kappa shape index (κ1) is 20.2. The second kappa shape index (κ2) is 10.1. The molecule has 2 aliphatic rings. The lowest BCUT2D eigenvalue weighted by atomic mass is 9.95. The molecule has 1 aromatic carbocycles. The van der Waals surface area contributed by atoms with Crippen LogP contribution in [0, 0.1) is 0 Å². The fourth-order valence-corrected chi connectivity index (χ4v) is 3.81. The molecule has 1 saturated heterocycles. The highest BCUT2D eigenvalue weighted by Crippen LogP contribution is 2.21. The summed E-state index contributed by atoms with van der Waals surface area (Å²) >= 11 is 0. The van der Waals surface area contributed by atoms with Gasteiger partial charge in [0.15, 0.2) is 5.96 Å². The van der Waals surface area contributed by atoms with Crippen LogP contribution in [0.5, 0.6) is 0 Å². The number of carbonyl (C=O) groups is 2. The van der Waals surface area contributed by atoms with Gasteiger partial charge in [-0.15, -0.1) is 0 Å². The Kier molecular flexibility index (Phi) is 7.28. The second-order valence-electron chi connectivity index (χ2n) is 7.50. The maximum atomic E-state index is 12.1. The summed E-state index contributed by atoms with van der Waals surface area (Å²) in [5.74, 6) is 0.800. The maximum Gasteiger partial charge on any atom is 0.239 e. The molecular formula is C21H31N5O2. The van der Waals surface area contributed by atoms with Gasteiger partial charge < -0.3 is 20.9 Å². The molecule has 2 fully saturated rings. The van der Waals surface area contributed by atoms with E-state index in [1.165, 1.54) is 19.3 Å². The van der Waals surface area contributed by atoms with Crippen LogP contribution in [-0.4, -0.2) is 44.0 Å². The third kappa shape index (κ3) is 5.71. The molecule has 3 rings (SSSR count). The van der Waals surface area contributed by atoms with Crippen molar-refractivity contribution < 1.29 is 9.59 Å². The third-order valence-corrected chi connectivity index (χ3v) is 5.39. The Hall–Kier alpha value is -2.57. The van der Waals surface area contributed by atoms with E-state index in [0.717, 1.165) is 37.1 Å². The summed E-state index contributed by atoms with van der Waals surface area (Å²) in [5.41, 5.74) is 2.04. The highest BCUT2D eigenvalue weighted by Gasteiger charge is 2.21. The van der Waals surface area contributed by atoms with Gasteiger partial charge in [0.05, 0.1) is 6.54 Å². The molecule has 0 aromatic heterocycles. The molecule has 0 bridgehead atoms. The lowest BCUT2D eigenvalue weighted by molar-refractivity contribution is -0.121. The Morgan fingerprint density at radius 1 is 1.11 bits per heavy atom. The Balaban J connectivity index is 1.41. The summed E-state index contributed by atoms with van der Waals surface area (Å²) in [7, 11) is 1.69. The first-order valence-electron chi connectivity index (χ1n) is 10.3. The summed E-state index contributed by atoms with van der Waals surface area (Å²) in [6, 6.07) is 8.30. The molecule has 152 valence electrons. The van der Waals surface area contributed by atoms with E-state index in [-0.39, 0.29) is 18.4 Å². The maximum absolute atomic E-state index is 12.1. The number of hydrogen-bond donors (Lipinski definition) is 3. The van der Waals surface area contributed by atoms with Gasteiger partial charge in [-0.3, -0.25) is 14.6 Å². The molecule has 7 heteroatoms. The van der Waals surface area contributed by atoms with E-state index in [4.69, 9.17) is 0 Å². The normalized spacial score (nSPS) is 18.2. The number of nitrogens with one attached hydrogen (secondary N) is 3. The van der Waals surface area contributed by atoms with Crippen LogP contribution in [0.1, 0.15) is 50.5 Å². The number of anilines is 1. The number of benzene rings is 1. The molecule has 0 spiro atoms. The largest absolute Gasteiger partial charge is 0.352 e. The summed E-state index contributed by atoms with van der Waals surface area (Å²) < 4.78 is 0. The Morgan fingerprint density at radius 2 is 1.86 bits per heavy atom. The van der Waals surface area contributed by atoms with E-state index in [1.54, 1.807) is 7.05 Å². The first-order chi connectivity index (χ1) is 13.7. The number of amides is 2. The van der Waals surface area contributed by atoms with Crippen LogP contribution in [0.25, 0.3) is 0 Å². The van der Waals surface area contributed by atoms with E-state index in [0.29, 0.717) is 25.0 Å². The van der Waals surface area contributed by atoms with Gasteiger partial charge in [0, 0.05) is 38.3 Å². The number of hydrogen-bond acceptors (Lipinski definition) is 3. The second-order valence-corrected chi connectivity index (χ2v) is 7.50. The van der Waals surface area contributed by atoms with Crippen LogP contribution in [-0.2, 0) is 16.1 Å². The lowest BCUT2D eigenvalue weighted by Gasteiger charge is -2.23. The zero-order valence-electron chi connectivity index (χ0n) is 16.7. The Bertz CT molecular complexity index is 695. The minimum absolute atomic E-state index is 0.00878. The molecule has 0 unspecified atom stereocenters. The third-order valence-electron chi connectivity index (χ3n) is 5.39. The van der Waals surface area contributed by atoms with Gasteiger partial charge in [0.25, 0.3) is 0 Å². The molecule has 28 heavy (non-hydrogen) atoms. The predicted molar refractivity (Wildman–Crippen MR) is 111 cm³/mol. The summed E-state index contributed by atoms with van der Waals surface area (Å²) in [6.07, 6.45) is 7.41. The average Bonchev–Trinajstić information content (AvgIpc) is 3.15. The molecule has 1 heterocycles. The fourth-order valence-electron chi connectivity index (χ4n) is 3.81. The van der Waals surface area contributed by atoms with Gasteiger partial charge in [-0.25, -0.2) is 0 Å². The van der Waals surface area contributed by atoms with E-state index in [9.17, 15) is 9.59 Å². The van der Waals surface area contributed by atoms with Crippen molar-refractivity contribution >= 4 is 23.5 Å². The predicted octanol–water partition coefficient (Wildman–Crippen LogP) is 1.93. The van der Waals surface area contributed by atoms with Crippen molar-refractivity contribution in [3.05, 3.63) is 29.8 Å². The molecule has 1 aromatic rings. The van der Waals surface area contributed by atoms with E-state index in [2.05, 4.69) is 20.9 Å². The number of nitrogens with zero attached hydrogens (tertiary/aromatic N) is 2. The smallest absolute Gasteiger partial charge is 0.239 e. The zero-order chi connectivity index (χ0) is 19.8. The first-order valence-corrected chi connectivity index (χ1v) is 10.3. The Labute approximate surface area is 167 Å². The minimum atomic E-state index is 0.00878. The van der Waals surface area contributed by atoms with Crippen LogP contribution in [0.3, 0.4) is 0 Å². The van der Waals surface area contributed by atoms with Gasteiger partial charge >= 0.3 is 0 Å². The molecule has 3 N–H and O–H groups in total. The number of aliphatic imine (C=N–C) groups is 1. The van der Waals surface area contributed by atoms with Crippen molar-refractivity contribution in [3.8, 4) is 0 Å². The molecular weight excluding hydrogens is 354 g/mol. The van der Waals surface area contributed by atoms with Crippen molar-refractivity contribution in [1.29, 1.82) is 0 Å². The summed E-state index contributed by atoms with van der Waals surface area (Å²) in [6.45, 7) is 1.61. The zero-order valence-corrected chi connectivity index (χ0v) is 16.7. The van der Waals surface area contributed by atoms with Crippen molar-refractivity contribution in [3.63, 3.8) is 0 Å². The minimum Gasteiger partial charge on any atom is -0.352 e.